The van der Waals surface area contributed by atoms with Crippen LogP contribution in [-0.4, -0.2) is 47.6 Å². The van der Waals surface area contributed by atoms with Gasteiger partial charge in [-0.2, -0.15) is 0 Å². The molecule has 33 heavy (non-hydrogen) atoms. The van der Waals surface area contributed by atoms with E-state index in [0.717, 1.165) is 12.0 Å². The molecule has 1 unspecified atom stereocenters. The van der Waals surface area contributed by atoms with Crippen molar-refractivity contribution in [3.63, 3.8) is 0 Å². The van der Waals surface area contributed by atoms with Crippen molar-refractivity contribution in [2.45, 2.75) is 25.9 Å². The number of rotatable bonds is 10. The quantitative estimate of drug-likeness (QED) is 0.460. The van der Waals surface area contributed by atoms with Crippen molar-refractivity contribution in [1.82, 2.24) is 10.2 Å². The molecule has 0 aliphatic heterocycles. The van der Waals surface area contributed by atoms with Crippen LogP contribution in [0.25, 0.3) is 11.1 Å². The minimum Gasteiger partial charge on any atom is -0.459 e. The summed E-state index contributed by atoms with van der Waals surface area (Å²) in [5.41, 5.74) is 1.65. The molecule has 2 N–H and O–H groups in total. The largest absolute Gasteiger partial charge is 0.459 e. The molecule has 8 heteroatoms. The monoisotopic (exact) mass is 472 g/mol. The van der Waals surface area contributed by atoms with Crippen molar-refractivity contribution in [3.8, 4) is 11.1 Å². The van der Waals surface area contributed by atoms with Crippen LogP contribution >= 0.6 is 11.6 Å². The minimum absolute atomic E-state index is 0.0795. The number of halogens is 2. The lowest BCUT2D eigenvalue weighted by atomic mass is 10.1. The molecule has 0 bridgehead atoms. The van der Waals surface area contributed by atoms with E-state index in [1.165, 1.54) is 24.5 Å². The average Bonchev–Trinajstić information content (AvgIpc) is 3.31. The van der Waals surface area contributed by atoms with Gasteiger partial charge in [-0.1, -0.05) is 54.9 Å². The Bertz CT molecular complexity index is 1070. The second-order valence-corrected chi connectivity index (χ2v) is 7.94. The van der Waals surface area contributed by atoms with Crippen LogP contribution in [0.3, 0.4) is 0 Å². The van der Waals surface area contributed by atoms with Gasteiger partial charge in [0.05, 0.1) is 6.26 Å². The van der Waals surface area contributed by atoms with E-state index < -0.39 is 17.8 Å². The summed E-state index contributed by atoms with van der Waals surface area (Å²) in [7, 11) is 0. The maximum absolute atomic E-state index is 13.9. The molecule has 1 aromatic heterocycles. The molecular weight excluding hydrogens is 447 g/mol. The summed E-state index contributed by atoms with van der Waals surface area (Å²) >= 11 is 5.96. The summed E-state index contributed by atoms with van der Waals surface area (Å²) in [6.07, 6.45) is 0.479. The molecule has 0 aliphatic carbocycles. The van der Waals surface area contributed by atoms with E-state index in [4.69, 9.17) is 16.0 Å². The number of nitrogens with zero attached hydrogens (tertiary/aromatic N) is 1. The van der Waals surface area contributed by atoms with Crippen LogP contribution < -0.4 is 5.32 Å². The lowest BCUT2D eigenvalue weighted by Gasteiger charge is -2.22. The van der Waals surface area contributed by atoms with Gasteiger partial charge in [0.15, 0.2) is 5.76 Å². The topological polar surface area (TPSA) is 82.8 Å². The molecule has 3 rings (SSSR count). The summed E-state index contributed by atoms with van der Waals surface area (Å²) in [5, 5.41) is 12.9. The molecular formula is C25H26ClFN2O4. The summed E-state index contributed by atoms with van der Waals surface area (Å²) in [4.78, 5) is 27.0. The molecule has 0 spiro atoms. The maximum Gasteiger partial charge on any atom is 0.290 e. The first kappa shape index (κ1) is 24.5. The molecule has 2 aromatic carbocycles. The van der Waals surface area contributed by atoms with Crippen LogP contribution in [0.1, 0.15) is 29.5 Å². The number of carbonyl (C=O) groups excluding carboxylic acids is 2. The van der Waals surface area contributed by atoms with Gasteiger partial charge in [-0.3, -0.25) is 9.59 Å². The lowest BCUT2D eigenvalue weighted by Crippen LogP contribution is -2.42. The number of hydrogen-bond acceptors (Lipinski definition) is 4. The summed E-state index contributed by atoms with van der Waals surface area (Å²) < 4.78 is 19.4. The number of aliphatic hydroxyl groups excluding tert-OH is 1. The van der Waals surface area contributed by atoms with E-state index >= 15 is 0 Å². The number of amides is 2. The summed E-state index contributed by atoms with van der Waals surface area (Å²) in [5.74, 6) is -1.30. The van der Waals surface area contributed by atoms with E-state index in [0.29, 0.717) is 12.1 Å². The second-order valence-electron chi connectivity index (χ2n) is 7.53. The zero-order chi connectivity index (χ0) is 23.8. The highest BCUT2D eigenvalue weighted by Gasteiger charge is 2.23. The molecule has 6 nitrogen and oxygen atoms in total. The molecule has 1 heterocycles. The lowest BCUT2D eigenvalue weighted by molar-refractivity contribution is -0.129. The van der Waals surface area contributed by atoms with E-state index in [1.54, 1.807) is 11.0 Å². The number of carbonyl (C=O) groups is 2. The molecule has 0 saturated carbocycles. The van der Waals surface area contributed by atoms with Gasteiger partial charge in [0.2, 0.25) is 5.91 Å². The van der Waals surface area contributed by atoms with Gasteiger partial charge in [-0.25, -0.2) is 4.39 Å². The van der Waals surface area contributed by atoms with Crippen molar-refractivity contribution in [1.29, 1.82) is 0 Å². The second kappa shape index (κ2) is 11.6. The smallest absolute Gasteiger partial charge is 0.290 e. The predicted molar refractivity (Wildman–Crippen MR) is 124 cm³/mol. The Labute approximate surface area is 197 Å². The van der Waals surface area contributed by atoms with Crippen molar-refractivity contribution in [3.05, 3.63) is 83.0 Å². The van der Waals surface area contributed by atoms with Crippen LogP contribution in [0.15, 0.2) is 65.3 Å². The highest BCUT2D eigenvalue weighted by molar-refractivity contribution is 6.31. The zero-order valence-corrected chi connectivity index (χ0v) is 19.0. The molecule has 2 amide bonds. The third-order valence-corrected chi connectivity index (χ3v) is 5.52. The summed E-state index contributed by atoms with van der Waals surface area (Å²) in [6.45, 7) is 2.76. The fourth-order valence-electron chi connectivity index (χ4n) is 3.49. The molecule has 174 valence electrons. The third kappa shape index (κ3) is 6.21. The molecule has 1 atom stereocenters. The van der Waals surface area contributed by atoms with Gasteiger partial charge in [0.1, 0.15) is 11.9 Å². The number of aliphatic hydroxyl groups is 1. The fourth-order valence-corrected chi connectivity index (χ4v) is 3.73. The Morgan fingerprint density at radius 1 is 1.12 bits per heavy atom. The molecule has 0 aliphatic rings. The number of hydrogen-bond donors (Lipinski definition) is 2. The van der Waals surface area contributed by atoms with Crippen LogP contribution in [0, 0.1) is 5.82 Å². The first-order valence-electron chi connectivity index (χ1n) is 10.7. The van der Waals surface area contributed by atoms with Crippen LogP contribution in [0.5, 0.6) is 0 Å². The van der Waals surface area contributed by atoms with Crippen molar-refractivity contribution in [2.75, 3.05) is 19.6 Å². The van der Waals surface area contributed by atoms with E-state index in [-0.39, 0.29) is 41.8 Å². The first-order valence-corrected chi connectivity index (χ1v) is 11.1. The Kier molecular flexibility index (Phi) is 8.63. The first-order chi connectivity index (χ1) is 15.9. The molecule has 0 radical (unpaired) electrons. The number of benzene rings is 2. The van der Waals surface area contributed by atoms with Gasteiger partial charge in [0.25, 0.3) is 5.91 Å². The van der Waals surface area contributed by atoms with Crippen LogP contribution in [0.2, 0.25) is 5.02 Å². The zero-order valence-electron chi connectivity index (χ0n) is 18.3. The van der Waals surface area contributed by atoms with Crippen LogP contribution in [0.4, 0.5) is 4.39 Å². The van der Waals surface area contributed by atoms with E-state index in [9.17, 15) is 19.1 Å². The third-order valence-electron chi connectivity index (χ3n) is 5.17. The highest BCUT2D eigenvalue weighted by Crippen LogP contribution is 2.26. The molecule has 3 aromatic rings. The Morgan fingerprint density at radius 3 is 2.58 bits per heavy atom. The van der Waals surface area contributed by atoms with E-state index in [1.807, 2.05) is 37.3 Å². The van der Waals surface area contributed by atoms with Gasteiger partial charge < -0.3 is 19.7 Å². The minimum atomic E-state index is -1.47. The normalized spacial score (nSPS) is 11.8. The number of nitrogens with one attached hydrogen (secondary N) is 1. The highest BCUT2D eigenvalue weighted by atomic mass is 35.5. The summed E-state index contributed by atoms with van der Waals surface area (Å²) in [6, 6.07) is 15.4. The Morgan fingerprint density at radius 2 is 1.88 bits per heavy atom. The Hall–Kier alpha value is -3.16. The van der Waals surface area contributed by atoms with Crippen molar-refractivity contribution >= 4 is 23.4 Å². The van der Waals surface area contributed by atoms with E-state index in [2.05, 4.69) is 5.32 Å². The average molecular weight is 473 g/mol. The molecule has 0 saturated heterocycles. The van der Waals surface area contributed by atoms with Gasteiger partial charge in [-0.15, -0.1) is 0 Å². The fraction of sp³-hybridized carbons (Fsp3) is 0.280. The number of furan rings is 1. The van der Waals surface area contributed by atoms with Crippen molar-refractivity contribution < 1.29 is 23.5 Å². The Balaban J connectivity index is 1.60. The predicted octanol–water partition coefficient (Wildman–Crippen LogP) is 4.31. The van der Waals surface area contributed by atoms with Gasteiger partial charge in [0, 0.05) is 42.2 Å². The standard InChI is InChI=1S/C25H26ClFN2O4/c1-2-13-29(25(32)23-18(11-15-33-23)17-7-4-3-5-8-17)14-12-28-24(31)22(30)16-19-20(26)9-6-10-21(19)27/h3-11,15,22,30H,2,12-14,16H2,1H3,(H,28,31). The van der Waals surface area contributed by atoms with Crippen LogP contribution in [-0.2, 0) is 11.2 Å². The van der Waals surface area contributed by atoms with Gasteiger partial charge in [-0.05, 0) is 30.2 Å². The van der Waals surface area contributed by atoms with Gasteiger partial charge >= 0.3 is 0 Å². The van der Waals surface area contributed by atoms with Crippen molar-refractivity contribution in [2.24, 2.45) is 0 Å². The SMILES string of the molecule is CCCN(CCNC(=O)C(O)Cc1c(F)cccc1Cl)C(=O)c1occc1-c1ccccc1. The maximum atomic E-state index is 13.9. The molecule has 0 fully saturated rings.